The standard InChI is InChI=1S/C19H16FNO3S/c1-12-18(25-19(23)21-12)9-13-5-7-16(8-6-13)24-11-17(22)14-3-2-4-15(20)10-14/h2-8,10,18H,1,9,11H2,(H,21,23). The number of rotatable bonds is 6. The van der Waals surface area contributed by atoms with Gasteiger partial charge in [0.15, 0.2) is 12.4 Å². The zero-order chi connectivity index (χ0) is 17.8. The topological polar surface area (TPSA) is 55.4 Å². The Labute approximate surface area is 149 Å². The summed E-state index contributed by atoms with van der Waals surface area (Å²) < 4.78 is 18.6. The fraction of sp³-hybridized carbons (Fsp3) is 0.158. The number of carbonyl (C=O) groups is 2. The monoisotopic (exact) mass is 357 g/mol. The Bertz CT molecular complexity index is 820. The van der Waals surface area contributed by atoms with Crippen molar-refractivity contribution in [3.63, 3.8) is 0 Å². The number of thioether (sulfide) groups is 1. The second kappa shape index (κ2) is 7.53. The molecule has 128 valence electrons. The highest BCUT2D eigenvalue weighted by Gasteiger charge is 2.26. The zero-order valence-corrected chi connectivity index (χ0v) is 14.1. The van der Waals surface area contributed by atoms with Crippen molar-refractivity contribution in [3.05, 3.63) is 77.8 Å². The third kappa shape index (κ3) is 4.48. The number of amides is 1. The van der Waals surface area contributed by atoms with E-state index in [2.05, 4.69) is 11.9 Å². The normalized spacial score (nSPS) is 16.6. The van der Waals surface area contributed by atoms with E-state index in [4.69, 9.17) is 4.74 Å². The van der Waals surface area contributed by atoms with Crippen LogP contribution in [0.25, 0.3) is 0 Å². The van der Waals surface area contributed by atoms with E-state index < -0.39 is 5.82 Å². The lowest BCUT2D eigenvalue weighted by Crippen LogP contribution is -2.13. The van der Waals surface area contributed by atoms with Crippen molar-refractivity contribution < 1.29 is 18.7 Å². The number of carbonyl (C=O) groups excluding carboxylic acids is 2. The van der Waals surface area contributed by atoms with Gasteiger partial charge in [0.1, 0.15) is 11.6 Å². The summed E-state index contributed by atoms with van der Waals surface area (Å²) in [4.78, 5) is 23.3. The van der Waals surface area contributed by atoms with Gasteiger partial charge in [-0.15, -0.1) is 0 Å². The van der Waals surface area contributed by atoms with Crippen LogP contribution in [0, 0.1) is 5.82 Å². The van der Waals surface area contributed by atoms with Gasteiger partial charge in [-0.2, -0.15) is 0 Å². The number of Topliss-reactive ketones (excluding diaryl/α,β-unsaturated/α-hetero) is 1. The van der Waals surface area contributed by atoms with Crippen LogP contribution in [0.2, 0.25) is 0 Å². The lowest BCUT2D eigenvalue weighted by Gasteiger charge is -2.10. The predicted molar refractivity (Wildman–Crippen MR) is 95.4 cm³/mol. The van der Waals surface area contributed by atoms with Crippen LogP contribution in [-0.4, -0.2) is 22.9 Å². The van der Waals surface area contributed by atoms with Crippen molar-refractivity contribution in [1.82, 2.24) is 5.32 Å². The van der Waals surface area contributed by atoms with Gasteiger partial charge >= 0.3 is 0 Å². The van der Waals surface area contributed by atoms with E-state index in [9.17, 15) is 14.0 Å². The summed E-state index contributed by atoms with van der Waals surface area (Å²) in [6.07, 6.45) is 0.685. The summed E-state index contributed by atoms with van der Waals surface area (Å²) in [6, 6.07) is 12.8. The number of ether oxygens (including phenoxy) is 1. The zero-order valence-electron chi connectivity index (χ0n) is 13.3. The van der Waals surface area contributed by atoms with Gasteiger partial charge in [-0.05, 0) is 36.2 Å². The molecule has 0 aliphatic carbocycles. The van der Waals surface area contributed by atoms with Crippen molar-refractivity contribution >= 4 is 22.8 Å². The molecule has 3 rings (SSSR count). The SMILES string of the molecule is C=C1NC(=O)SC1Cc1ccc(OCC(=O)c2cccc(F)c2)cc1. The highest BCUT2D eigenvalue weighted by atomic mass is 32.2. The molecule has 1 unspecified atom stereocenters. The minimum Gasteiger partial charge on any atom is -0.485 e. The summed E-state index contributed by atoms with van der Waals surface area (Å²) in [5.74, 6) is -0.179. The molecule has 0 bridgehead atoms. The molecule has 0 spiro atoms. The molecular formula is C19H16FNO3S. The molecule has 1 atom stereocenters. The minimum atomic E-state index is -0.449. The number of benzene rings is 2. The van der Waals surface area contributed by atoms with Crippen molar-refractivity contribution in [2.24, 2.45) is 0 Å². The summed E-state index contributed by atoms with van der Waals surface area (Å²) >= 11 is 1.23. The van der Waals surface area contributed by atoms with Crippen LogP contribution < -0.4 is 10.1 Å². The number of hydrogen-bond donors (Lipinski definition) is 1. The van der Waals surface area contributed by atoms with Gasteiger partial charge in [0.2, 0.25) is 0 Å². The van der Waals surface area contributed by atoms with Crippen molar-refractivity contribution in [2.45, 2.75) is 11.7 Å². The summed E-state index contributed by atoms with van der Waals surface area (Å²) in [5.41, 5.74) is 2.04. The average Bonchev–Trinajstić information content (AvgIpc) is 2.91. The Hall–Kier alpha value is -2.60. The van der Waals surface area contributed by atoms with E-state index in [0.29, 0.717) is 12.2 Å². The molecular weight excluding hydrogens is 341 g/mol. The van der Waals surface area contributed by atoms with E-state index >= 15 is 0 Å². The van der Waals surface area contributed by atoms with Crippen LogP contribution in [0.3, 0.4) is 0 Å². The Morgan fingerprint density at radius 2 is 2.00 bits per heavy atom. The highest BCUT2D eigenvalue weighted by Crippen LogP contribution is 2.28. The Morgan fingerprint density at radius 1 is 1.24 bits per heavy atom. The molecule has 2 aromatic rings. The second-order valence-electron chi connectivity index (χ2n) is 5.61. The van der Waals surface area contributed by atoms with Gasteiger partial charge in [0.05, 0.1) is 5.25 Å². The van der Waals surface area contributed by atoms with E-state index in [-0.39, 0.29) is 28.4 Å². The van der Waals surface area contributed by atoms with E-state index in [0.717, 1.165) is 11.3 Å². The first-order valence-electron chi connectivity index (χ1n) is 7.68. The molecule has 1 fully saturated rings. The quantitative estimate of drug-likeness (QED) is 0.795. The fourth-order valence-electron chi connectivity index (χ4n) is 2.44. The molecule has 1 N–H and O–H groups in total. The molecule has 0 aromatic heterocycles. The third-order valence-corrected chi connectivity index (χ3v) is 4.81. The average molecular weight is 357 g/mol. The summed E-state index contributed by atoms with van der Waals surface area (Å²) in [7, 11) is 0. The van der Waals surface area contributed by atoms with Crippen LogP contribution >= 0.6 is 11.8 Å². The van der Waals surface area contributed by atoms with E-state index in [1.807, 2.05) is 12.1 Å². The highest BCUT2D eigenvalue weighted by molar-refractivity contribution is 8.14. The molecule has 4 nitrogen and oxygen atoms in total. The smallest absolute Gasteiger partial charge is 0.283 e. The fourth-order valence-corrected chi connectivity index (χ4v) is 3.36. The van der Waals surface area contributed by atoms with Gasteiger partial charge in [-0.3, -0.25) is 9.59 Å². The molecule has 1 heterocycles. The molecule has 1 amide bonds. The van der Waals surface area contributed by atoms with E-state index in [1.54, 1.807) is 18.2 Å². The van der Waals surface area contributed by atoms with Crippen molar-refractivity contribution in [2.75, 3.05) is 6.61 Å². The maximum absolute atomic E-state index is 13.1. The lowest BCUT2D eigenvalue weighted by atomic mass is 10.1. The molecule has 1 aliphatic rings. The number of ketones is 1. The van der Waals surface area contributed by atoms with E-state index in [1.165, 1.54) is 30.0 Å². The van der Waals surface area contributed by atoms with Crippen LogP contribution in [0.15, 0.2) is 60.8 Å². The summed E-state index contributed by atoms with van der Waals surface area (Å²) in [5, 5.41) is 2.64. The minimum absolute atomic E-state index is 0.0221. The number of halogens is 1. The first kappa shape index (κ1) is 17.2. The van der Waals surface area contributed by atoms with Crippen LogP contribution in [0.1, 0.15) is 15.9 Å². The van der Waals surface area contributed by atoms with Crippen LogP contribution in [0.5, 0.6) is 5.75 Å². The number of nitrogens with one attached hydrogen (secondary N) is 1. The largest absolute Gasteiger partial charge is 0.485 e. The van der Waals surface area contributed by atoms with Gasteiger partial charge < -0.3 is 10.1 Å². The van der Waals surface area contributed by atoms with Crippen LogP contribution in [0.4, 0.5) is 9.18 Å². The maximum Gasteiger partial charge on any atom is 0.283 e. The van der Waals surface area contributed by atoms with Gasteiger partial charge in [-0.1, -0.05) is 42.6 Å². The van der Waals surface area contributed by atoms with Gasteiger partial charge in [0.25, 0.3) is 5.24 Å². The Kier molecular flexibility index (Phi) is 5.19. The third-order valence-electron chi connectivity index (χ3n) is 3.76. The first-order valence-corrected chi connectivity index (χ1v) is 8.56. The Morgan fingerprint density at radius 3 is 2.64 bits per heavy atom. The molecule has 25 heavy (non-hydrogen) atoms. The van der Waals surface area contributed by atoms with Crippen molar-refractivity contribution in [1.29, 1.82) is 0 Å². The summed E-state index contributed by atoms with van der Waals surface area (Å²) in [6.45, 7) is 3.69. The second-order valence-corrected chi connectivity index (χ2v) is 6.79. The first-order chi connectivity index (χ1) is 12.0. The predicted octanol–water partition coefficient (Wildman–Crippen LogP) is 3.97. The maximum atomic E-state index is 13.1. The Balaban J connectivity index is 1.55. The molecule has 1 saturated heterocycles. The molecule has 6 heteroatoms. The molecule has 0 saturated carbocycles. The molecule has 0 radical (unpaired) electrons. The van der Waals surface area contributed by atoms with Gasteiger partial charge in [0, 0.05) is 11.3 Å². The van der Waals surface area contributed by atoms with Crippen LogP contribution in [-0.2, 0) is 6.42 Å². The molecule has 1 aliphatic heterocycles. The molecule has 2 aromatic carbocycles. The number of hydrogen-bond acceptors (Lipinski definition) is 4. The lowest BCUT2D eigenvalue weighted by molar-refractivity contribution is 0.0921. The van der Waals surface area contributed by atoms with Gasteiger partial charge in [-0.25, -0.2) is 4.39 Å². The van der Waals surface area contributed by atoms with Crippen molar-refractivity contribution in [3.8, 4) is 5.75 Å².